The molecule has 0 unspecified atom stereocenters. The maximum absolute atomic E-state index is 11.1. The molecule has 0 aliphatic heterocycles. The number of carboxylic acid groups (broad SMARTS) is 1. The molecule has 3 N–H and O–H groups in total. The number of carbonyl (C=O) groups is 2. The molecular weight excluding hydrogens is 252 g/mol. The summed E-state index contributed by atoms with van der Waals surface area (Å²) >= 11 is 0. The van der Waals surface area contributed by atoms with Crippen LogP contribution in [0.15, 0.2) is 24.3 Å². The molecule has 0 aromatic heterocycles. The van der Waals surface area contributed by atoms with E-state index in [1.807, 2.05) is 6.92 Å². The maximum atomic E-state index is 11.1. The molecule has 0 atom stereocenters. The van der Waals surface area contributed by atoms with E-state index in [9.17, 15) is 9.59 Å². The Hall–Kier alpha value is -2.44. The number of rotatable bonds is 7. The third kappa shape index (κ3) is 6.16. The van der Waals surface area contributed by atoms with E-state index in [2.05, 4.69) is 10.6 Å². The molecule has 0 saturated heterocycles. The lowest BCUT2D eigenvalue weighted by Gasteiger charge is -2.09. The van der Waals surface area contributed by atoms with Crippen molar-refractivity contribution in [2.75, 3.05) is 19.9 Å². The first-order valence-corrected chi connectivity index (χ1v) is 5.71. The highest BCUT2D eigenvalue weighted by atomic mass is 16.5. The van der Waals surface area contributed by atoms with Gasteiger partial charge in [0.05, 0.1) is 6.61 Å². The van der Waals surface area contributed by atoms with Crippen LogP contribution in [0, 0.1) is 0 Å². The Morgan fingerprint density at radius 1 is 1.11 bits per heavy atom. The van der Waals surface area contributed by atoms with Crippen LogP contribution >= 0.6 is 0 Å². The number of ether oxygens (including phenoxy) is 2. The Bertz CT molecular complexity index is 419. The average molecular weight is 268 g/mol. The molecule has 104 valence electrons. The number of nitrogens with one attached hydrogen (secondary N) is 2. The highest BCUT2D eigenvalue weighted by Gasteiger charge is 2.02. The fourth-order valence-corrected chi connectivity index (χ4v) is 1.20. The van der Waals surface area contributed by atoms with Gasteiger partial charge in [-0.2, -0.15) is 0 Å². The first-order chi connectivity index (χ1) is 9.11. The number of benzene rings is 1. The van der Waals surface area contributed by atoms with Crippen molar-refractivity contribution in [3.8, 4) is 11.5 Å². The Morgan fingerprint density at radius 3 is 2.21 bits per heavy atom. The second-order valence-electron chi connectivity index (χ2n) is 3.45. The van der Waals surface area contributed by atoms with Crippen LogP contribution in [0.25, 0.3) is 0 Å². The summed E-state index contributed by atoms with van der Waals surface area (Å²) in [5.41, 5.74) is 0. The molecule has 19 heavy (non-hydrogen) atoms. The van der Waals surface area contributed by atoms with E-state index in [0.29, 0.717) is 12.4 Å². The molecule has 0 aliphatic rings. The monoisotopic (exact) mass is 268 g/mol. The van der Waals surface area contributed by atoms with Gasteiger partial charge in [0.15, 0.2) is 6.73 Å². The van der Waals surface area contributed by atoms with Crippen molar-refractivity contribution >= 4 is 12.0 Å². The van der Waals surface area contributed by atoms with E-state index >= 15 is 0 Å². The normalized spacial score (nSPS) is 9.53. The quantitative estimate of drug-likeness (QED) is 0.636. The largest absolute Gasteiger partial charge is 0.494 e. The van der Waals surface area contributed by atoms with Crippen LogP contribution in [0.4, 0.5) is 4.79 Å². The molecule has 0 fully saturated rings. The van der Waals surface area contributed by atoms with Crippen LogP contribution in [-0.4, -0.2) is 37.0 Å². The SMILES string of the molecule is CCOc1ccc(OCNC(=O)NCC(=O)O)cc1. The molecule has 7 nitrogen and oxygen atoms in total. The molecule has 0 radical (unpaired) electrons. The zero-order valence-electron chi connectivity index (χ0n) is 10.5. The minimum atomic E-state index is -1.11. The number of amides is 2. The Morgan fingerprint density at radius 2 is 1.68 bits per heavy atom. The molecule has 1 rings (SSSR count). The van der Waals surface area contributed by atoms with Gasteiger partial charge in [0, 0.05) is 0 Å². The Balaban J connectivity index is 2.25. The van der Waals surface area contributed by atoms with E-state index in [1.165, 1.54) is 0 Å². The van der Waals surface area contributed by atoms with Gasteiger partial charge in [-0.3, -0.25) is 4.79 Å². The highest BCUT2D eigenvalue weighted by Crippen LogP contribution is 2.16. The molecule has 1 aromatic rings. The first kappa shape index (κ1) is 14.6. The van der Waals surface area contributed by atoms with Crippen molar-refractivity contribution in [3.63, 3.8) is 0 Å². The van der Waals surface area contributed by atoms with Crippen LogP contribution in [-0.2, 0) is 4.79 Å². The summed E-state index contributed by atoms with van der Waals surface area (Å²) < 4.78 is 10.5. The first-order valence-electron chi connectivity index (χ1n) is 5.71. The lowest BCUT2D eigenvalue weighted by molar-refractivity contribution is -0.135. The fourth-order valence-electron chi connectivity index (χ4n) is 1.20. The van der Waals surface area contributed by atoms with Gasteiger partial charge in [0.1, 0.15) is 18.0 Å². The van der Waals surface area contributed by atoms with E-state index in [1.54, 1.807) is 24.3 Å². The zero-order chi connectivity index (χ0) is 14.1. The molecule has 1 aromatic carbocycles. The van der Waals surface area contributed by atoms with Crippen molar-refractivity contribution in [3.05, 3.63) is 24.3 Å². The summed E-state index contributed by atoms with van der Waals surface area (Å²) in [6.45, 7) is 1.99. The lowest BCUT2D eigenvalue weighted by atomic mass is 10.3. The minimum Gasteiger partial charge on any atom is -0.494 e. The van der Waals surface area contributed by atoms with E-state index in [-0.39, 0.29) is 6.73 Å². The van der Waals surface area contributed by atoms with Gasteiger partial charge in [-0.1, -0.05) is 0 Å². The number of aliphatic carboxylic acids is 1. The average Bonchev–Trinajstić information content (AvgIpc) is 2.39. The third-order valence-electron chi connectivity index (χ3n) is 2.01. The molecule has 2 amide bonds. The summed E-state index contributed by atoms with van der Waals surface area (Å²) in [7, 11) is 0. The minimum absolute atomic E-state index is 0.0561. The summed E-state index contributed by atoms with van der Waals surface area (Å²) in [6.07, 6.45) is 0. The standard InChI is InChI=1S/C12H16N2O5/c1-2-18-9-3-5-10(6-4-9)19-8-14-12(17)13-7-11(15)16/h3-6H,2,7-8H2,1H3,(H,15,16)(H2,13,14,17). The third-order valence-corrected chi connectivity index (χ3v) is 2.01. The van der Waals surface area contributed by atoms with Crippen LogP contribution in [0.3, 0.4) is 0 Å². The molecule has 0 bridgehead atoms. The zero-order valence-corrected chi connectivity index (χ0v) is 10.5. The van der Waals surface area contributed by atoms with Crippen molar-refractivity contribution in [1.82, 2.24) is 10.6 Å². The van der Waals surface area contributed by atoms with Gasteiger partial charge in [-0.25, -0.2) is 4.79 Å². The maximum Gasteiger partial charge on any atom is 0.323 e. The van der Waals surface area contributed by atoms with Crippen molar-refractivity contribution in [2.45, 2.75) is 6.92 Å². The van der Waals surface area contributed by atoms with Crippen molar-refractivity contribution in [1.29, 1.82) is 0 Å². The summed E-state index contributed by atoms with van der Waals surface area (Å²) in [5, 5.41) is 12.9. The number of urea groups is 1. The molecule has 0 aliphatic carbocycles. The van der Waals surface area contributed by atoms with Crippen LogP contribution in [0.2, 0.25) is 0 Å². The van der Waals surface area contributed by atoms with Crippen LogP contribution in [0.5, 0.6) is 11.5 Å². The van der Waals surface area contributed by atoms with Gasteiger partial charge in [0.2, 0.25) is 0 Å². The van der Waals surface area contributed by atoms with E-state index in [0.717, 1.165) is 5.75 Å². The van der Waals surface area contributed by atoms with Crippen LogP contribution in [0.1, 0.15) is 6.92 Å². The summed E-state index contributed by atoms with van der Waals surface area (Å²) in [6, 6.07) is 6.32. The number of hydrogen-bond acceptors (Lipinski definition) is 4. The van der Waals surface area contributed by atoms with Crippen molar-refractivity contribution < 1.29 is 24.2 Å². The van der Waals surface area contributed by atoms with Gasteiger partial charge in [-0.05, 0) is 31.2 Å². The van der Waals surface area contributed by atoms with Crippen LogP contribution < -0.4 is 20.1 Å². The fraction of sp³-hybridized carbons (Fsp3) is 0.333. The smallest absolute Gasteiger partial charge is 0.323 e. The Labute approximate surface area is 110 Å². The molecular formula is C12H16N2O5. The second kappa shape index (κ2) is 7.80. The number of carboxylic acids is 1. The summed E-state index contributed by atoms with van der Waals surface area (Å²) in [5.74, 6) is 0.201. The number of hydrogen-bond donors (Lipinski definition) is 3. The van der Waals surface area contributed by atoms with Gasteiger partial charge in [0.25, 0.3) is 0 Å². The molecule has 0 heterocycles. The lowest BCUT2D eigenvalue weighted by Crippen LogP contribution is -2.40. The highest BCUT2D eigenvalue weighted by molar-refractivity contribution is 5.79. The van der Waals surface area contributed by atoms with Crippen molar-refractivity contribution in [2.24, 2.45) is 0 Å². The van der Waals surface area contributed by atoms with Gasteiger partial charge >= 0.3 is 12.0 Å². The van der Waals surface area contributed by atoms with Gasteiger partial charge in [-0.15, -0.1) is 0 Å². The Kier molecular flexibility index (Phi) is 6.00. The number of carbonyl (C=O) groups excluding carboxylic acids is 1. The second-order valence-corrected chi connectivity index (χ2v) is 3.45. The summed E-state index contributed by atoms with van der Waals surface area (Å²) in [4.78, 5) is 21.3. The van der Waals surface area contributed by atoms with E-state index < -0.39 is 18.5 Å². The van der Waals surface area contributed by atoms with E-state index in [4.69, 9.17) is 14.6 Å². The predicted molar refractivity (Wildman–Crippen MR) is 67.3 cm³/mol. The molecule has 7 heteroatoms. The topological polar surface area (TPSA) is 96.9 Å². The van der Waals surface area contributed by atoms with Gasteiger partial charge < -0.3 is 25.2 Å². The predicted octanol–water partition coefficient (Wildman–Crippen LogP) is 0.805. The molecule has 0 spiro atoms. The molecule has 0 saturated carbocycles.